The van der Waals surface area contributed by atoms with E-state index >= 15 is 0 Å². The highest BCUT2D eigenvalue weighted by Gasteiger charge is 2.38. The Balaban J connectivity index is 1.90. The Hall–Kier alpha value is -1.11. The largest absolute Gasteiger partial charge is 0.299 e. The average Bonchev–Trinajstić information content (AvgIpc) is 3.05. The van der Waals surface area contributed by atoms with Crippen molar-refractivity contribution in [3.8, 4) is 0 Å². The summed E-state index contributed by atoms with van der Waals surface area (Å²) in [5.41, 5.74) is 1.41. The number of carbonyl (C=O) groups is 1. The molecule has 0 spiro atoms. The highest BCUT2D eigenvalue weighted by atomic mass is 16.1. The highest BCUT2D eigenvalue weighted by molar-refractivity contribution is 5.83. The van der Waals surface area contributed by atoms with Gasteiger partial charge in [0.25, 0.3) is 0 Å². The Morgan fingerprint density at radius 3 is 2.28 bits per heavy atom. The Kier molecular flexibility index (Phi) is 3.49. The molecule has 1 aromatic rings. The number of ketones is 1. The third-order valence-electron chi connectivity index (χ3n) is 4.88. The standard InChI is InChI=1S/C17H22O/c18-16-12-6-11-15(16)17(14-9-4-5-10-14)13-7-2-1-3-8-13/h1-3,7-8,14-15,17H,4-6,9-12H2/t15?,17-/m1/s1. The quantitative estimate of drug-likeness (QED) is 0.771. The van der Waals surface area contributed by atoms with Crippen LogP contribution in [-0.2, 0) is 4.79 Å². The van der Waals surface area contributed by atoms with E-state index < -0.39 is 0 Å². The van der Waals surface area contributed by atoms with Gasteiger partial charge in [-0.25, -0.2) is 0 Å². The summed E-state index contributed by atoms with van der Waals surface area (Å²) in [6, 6.07) is 10.8. The second-order valence-corrected chi connectivity index (χ2v) is 5.95. The molecule has 1 unspecified atom stereocenters. The van der Waals surface area contributed by atoms with Gasteiger partial charge in [0.05, 0.1) is 0 Å². The van der Waals surface area contributed by atoms with Crippen LogP contribution in [0, 0.1) is 11.8 Å². The minimum absolute atomic E-state index is 0.315. The monoisotopic (exact) mass is 242 g/mol. The predicted octanol–water partition coefficient (Wildman–Crippen LogP) is 4.33. The van der Waals surface area contributed by atoms with Gasteiger partial charge in [0.1, 0.15) is 5.78 Å². The molecule has 0 N–H and O–H groups in total. The van der Waals surface area contributed by atoms with Gasteiger partial charge >= 0.3 is 0 Å². The van der Waals surface area contributed by atoms with Crippen LogP contribution < -0.4 is 0 Å². The van der Waals surface area contributed by atoms with E-state index in [4.69, 9.17) is 0 Å². The zero-order chi connectivity index (χ0) is 12.4. The fourth-order valence-corrected chi connectivity index (χ4v) is 4.05. The van der Waals surface area contributed by atoms with Gasteiger partial charge in [-0.3, -0.25) is 4.79 Å². The van der Waals surface area contributed by atoms with E-state index in [-0.39, 0.29) is 0 Å². The summed E-state index contributed by atoms with van der Waals surface area (Å²) in [5, 5.41) is 0. The molecule has 0 radical (unpaired) electrons. The number of carbonyl (C=O) groups excluding carboxylic acids is 1. The van der Waals surface area contributed by atoms with Crippen molar-refractivity contribution in [2.45, 2.75) is 50.9 Å². The van der Waals surface area contributed by atoms with E-state index in [1.807, 2.05) is 0 Å². The fraction of sp³-hybridized carbons (Fsp3) is 0.588. The molecule has 96 valence electrons. The molecule has 2 fully saturated rings. The van der Waals surface area contributed by atoms with Gasteiger partial charge < -0.3 is 0 Å². The van der Waals surface area contributed by atoms with Crippen molar-refractivity contribution in [2.75, 3.05) is 0 Å². The third kappa shape index (κ3) is 2.23. The molecule has 2 aliphatic carbocycles. The molecular formula is C17H22O. The van der Waals surface area contributed by atoms with Gasteiger partial charge in [0, 0.05) is 12.3 Å². The van der Waals surface area contributed by atoms with Crippen LogP contribution in [0.4, 0.5) is 0 Å². The molecule has 1 heteroatoms. The molecule has 0 heterocycles. The molecule has 18 heavy (non-hydrogen) atoms. The minimum atomic E-state index is 0.315. The average molecular weight is 242 g/mol. The lowest BCUT2D eigenvalue weighted by atomic mass is 9.75. The summed E-state index contributed by atoms with van der Waals surface area (Å²) >= 11 is 0. The second-order valence-electron chi connectivity index (χ2n) is 5.95. The normalized spacial score (nSPS) is 26.7. The van der Waals surface area contributed by atoms with Gasteiger partial charge in [-0.2, -0.15) is 0 Å². The van der Waals surface area contributed by atoms with Gasteiger partial charge in [-0.05, 0) is 43.1 Å². The van der Waals surface area contributed by atoms with Crippen molar-refractivity contribution >= 4 is 5.78 Å². The predicted molar refractivity (Wildman–Crippen MR) is 73.5 cm³/mol. The van der Waals surface area contributed by atoms with Crippen molar-refractivity contribution in [3.05, 3.63) is 35.9 Å². The summed E-state index contributed by atoms with van der Waals surface area (Å²) in [5.74, 6) is 2.09. The summed E-state index contributed by atoms with van der Waals surface area (Å²) in [6.45, 7) is 0. The van der Waals surface area contributed by atoms with Crippen LogP contribution in [0.25, 0.3) is 0 Å². The molecule has 0 saturated heterocycles. The molecule has 0 aromatic heterocycles. The SMILES string of the molecule is O=C1CCCC1[C@H](c1ccccc1)C1CCCC1. The Bertz CT molecular complexity index is 403. The fourth-order valence-electron chi connectivity index (χ4n) is 4.05. The summed E-state index contributed by atoms with van der Waals surface area (Å²) in [6.07, 6.45) is 8.41. The van der Waals surface area contributed by atoms with Crippen molar-refractivity contribution in [3.63, 3.8) is 0 Å². The summed E-state index contributed by atoms with van der Waals surface area (Å²) < 4.78 is 0. The van der Waals surface area contributed by atoms with Crippen LogP contribution in [0.15, 0.2) is 30.3 Å². The lowest BCUT2D eigenvalue weighted by Crippen LogP contribution is -2.23. The topological polar surface area (TPSA) is 17.1 Å². The molecule has 2 atom stereocenters. The van der Waals surface area contributed by atoms with Crippen molar-refractivity contribution in [1.82, 2.24) is 0 Å². The lowest BCUT2D eigenvalue weighted by Gasteiger charge is -2.28. The number of Topliss-reactive ketones (excluding diaryl/α,β-unsaturated/α-hetero) is 1. The molecule has 0 bridgehead atoms. The number of hydrogen-bond acceptors (Lipinski definition) is 1. The molecule has 0 aliphatic heterocycles. The second kappa shape index (κ2) is 5.26. The third-order valence-corrected chi connectivity index (χ3v) is 4.88. The first-order chi connectivity index (χ1) is 8.86. The molecular weight excluding hydrogens is 220 g/mol. The van der Waals surface area contributed by atoms with Crippen LogP contribution in [0.1, 0.15) is 56.4 Å². The lowest BCUT2D eigenvalue weighted by molar-refractivity contribution is -0.121. The van der Waals surface area contributed by atoms with E-state index in [2.05, 4.69) is 30.3 Å². The van der Waals surface area contributed by atoms with Gasteiger partial charge in [0.2, 0.25) is 0 Å². The number of hydrogen-bond donors (Lipinski definition) is 0. The van der Waals surface area contributed by atoms with Crippen molar-refractivity contribution in [2.24, 2.45) is 11.8 Å². The first kappa shape index (κ1) is 12.0. The van der Waals surface area contributed by atoms with Crippen molar-refractivity contribution < 1.29 is 4.79 Å². The number of rotatable bonds is 3. The Morgan fingerprint density at radius 1 is 0.944 bits per heavy atom. The zero-order valence-corrected chi connectivity index (χ0v) is 11.0. The maximum absolute atomic E-state index is 12.1. The van der Waals surface area contributed by atoms with E-state index in [1.54, 1.807) is 0 Å². The summed E-state index contributed by atoms with van der Waals surface area (Å²) in [7, 11) is 0. The molecule has 0 amide bonds. The maximum atomic E-state index is 12.1. The van der Waals surface area contributed by atoms with Crippen LogP contribution in [0.2, 0.25) is 0 Å². The molecule has 3 rings (SSSR count). The molecule has 1 nitrogen and oxygen atoms in total. The highest BCUT2D eigenvalue weighted by Crippen LogP contribution is 2.45. The minimum Gasteiger partial charge on any atom is -0.299 e. The first-order valence-electron chi connectivity index (χ1n) is 7.44. The molecule has 2 saturated carbocycles. The van der Waals surface area contributed by atoms with Crippen LogP contribution in [0.3, 0.4) is 0 Å². The van der Waals surface area contributed by atoms with Gasteiger partial charge in [-0.1, -0.05) is 43.2 Å². The summed E-state index contributed by atoms with van der Waals surface area (Å²) in [4.78, 5) is 12.1. The molecule has 1 aromatic carbocycles. The van der Waals surface area contributed by atoms with Crippen molar-refractivity contribution in [1.29, 1.82) is 0 Å². The Morgan fingerprint density at radius 2 is 1.67 bits per heavy atom. The van der Waals surface area contributed by atoms with Gasteiger partial charge in [0.15, 0.2) is 0 Å². The van der Waals surface area contributed by atoms with Crippen LogP contribution >= 0.6 is 0 Å². The van der Waals surface area contributed by atoms with Crippen LogP contribution in [0.5, 0.6) is 0 Å². The van der Waals surface area contributed by atoms with E-state index in [0.29, 0.717) is 17.6 Å². The zero-order valence-electron chi connectivity index (χ0n) is 11.0. The molecule has 2 aliphatic rings. The van der Waals surface area contributed by atoms with E-state index in [9.17, 15) is 4.79 Å². The van der Waals surface area contributed by atoms with Gasteiger partial charge in [-0.15, -0.1) is 0 Å². The smallest absolute Gasteiger partial charge is 0.136 e. The van der Waals surface area contributed by atoms with Crippen LogP contribution in [-0.4, -0.2) is 5.78 Å². The number of benzene rings is 1. The maximum Gasteiger partial charge on any atom is 0.136 e. The Labute approximate surface area is 110 Å². The van der Waals surface area contributed by atoms with E-state index in [0.717, 1.165) is 25.2 Å². The first-order valence-corrected chi connectivity index (χ1v) is 7.44. The van der Waals surface area contributed by atoms with E-state index in [1.165, 1.54) is 31.2 Å².